The van der Waals surface area contributed by atoms with Crippen LogP contribution in [0.2, 0.25) is 0 Å². The Morgan fingerprint density at radius 3 is 2.80 bits per heavy atom. The topological polar surface area (TPSA) is 12.0 Å². The minimum Gasteiger partial charge on any atom is -0.391 e. The van der Waals surface area contributed by atoms with Gasteiger partial charge in [-0.1, -0.05) is 6.08 Å². The van der Waals surface area contributed by atoms with Crippen LogP contribution in [0.3, 0.4) is 0 Å². The van der Waals surface area contributed by atoms with Gasteiger partial charge in [-0.3, -0.25) is 0 Å². The van der Waals surface area contributed by atoms with Gasteiger partial charge in [0.1, 0.15) is 6.17 Å². The van der Waals surface area contributed by atoms with Crippen LogP contribution in [0.5, 0.6) is 0 Å². The standard InChI is InChI=1S/C8H12FN/c1-6-3-4-7(10-2)5-8(6)9/h3-4,8,10H,5H2,1-2H3. The van der Waals surface area contributed by atoms with Crippen molar-refractivity contribution in [2.45, 2.75) is 19.5 Å². The molecule has 0 amide bonds. The molecule has 0 aromatic carbocycles. The van der Waals surface area contributed by atoms with Crippen LogP contribution >= 0.6 is 0 Å². The van der Waals surface area contributed by atoms with Gasteiger partial charge in [-0.25, -0.2) is 4.39 Å². The van der Waals surface area contributed by atoms with E-state index in [-0.39, 0.29) is 0 Å². The molecule has 0 fully saturated rings. The van der Waals surface area contributed by atoms with E-state index in [9.17, 15) is 4.39 Å². The average molecular weight is 141 g/mol. The predicted molar refractivity (Wildman–Crippen MR) is 40.4 cm³/mol. The largest absolute Gasteiger partial charge is 0.391 e. The van der Waals surface area contributed by atoms with Crippen LogP contribution < -0.4 is 5.32 Å². The maximum absolute atomic E-state index is 12.9. The highest BCUT2D eigenvalue weighted by molar-refractivity contribution is 5.25. The number of nitrogens with one attached hydrogen (secondary N) is 1. The first-order valence-electron chi connectivity index (χ1n) is 3.43. The summed E-state index contributed by atoms with van der Waals surface area (Å²) in [7, 11) is 1.81. The Morgan fingerprint density at radius 1 is 1.60 bits per heavy atom. The molecule has 0 saturated heterocycles. The maximum Gasteiger partial charge on any atom is 0.127 e. The van der Waals surface area contributed by atoms with Crippen LogP contribution in [0.4, 0.5) is 4.39 Å². The molecular formula is C8H12FN. The number of hydrogen-bond donors (Lipinski definition) is 1. The molecule has 0 heterocycles. The zero-order valence-electron chi connectivity index (χ0n) is 6.32. The maximum atomic E-state index is 12.9. The molecule has 0 bridgehead atoms. The van der Waals surface area contributed by atoms with Crippen molar-refractivity contribution in [3.05, 3.63) is 23.4 Å². The Balaban J connectivity index is 2.68. The molecule has 1 nitrogen and oxygen atoms in total. The van der Waals surface area contributed by atoms with Crippen molar-refractivity contribution in [3.8, 4) is 0 Å². The molecule has 0 aromatic heterocycles. The molecule has 1 aliphatic rings. The lowest BCUT2D eigenvalue weighted by atomic mass is 10.0. The van der Waals surface area contributed by atoms with Gasteiger partial charge >= 0.3 is 0 Å². The van der Waals surface area contributed by atoms with Crippen LogP contribution in [-0.2, 0) is 0 Å². The summed E-state index contributed by atoms with van der Waals surface area (Å²) < 4.78 is 12.9. The second-order valence-electron chi connectivity index (χ2n) is 2.52. The number of hydrogen-bond acceptors (Lipinski definition) is 1. The molecule has 2 heteroatoms. The van der Waals surface area contributed by atoms with Crippen molar-refractivity contribution in [3.63, 3.8) is 0 Å². The third-order valence-electron chi connectivity index (χ3n) is 1.76. The zero-order chi connectivity index (χ0) is 7.56. The van der Waals surface area contributed by atoms with Crippen LogP contribution in [0, 0.1) is 0 Å². The van der Waals surface area contributed by atoms with E-state index in [0.717, 1.165) is 11.3 Å². The molecule has 1 rings (SSSR count). The Bertz CT molecular complexity index is 182. The third-order valence-corrected chi connectivity index (χ3v) is 1.76. The van der Waals surface area contributed by atoms with Crippen molar-refractivity contribution >= 4 is 0 Å². The lowest BCUT2D eigenvalue weighted by molar-refractivity contribution is 0.371. The molecule has 1 atom stereocenters. The monoisotopic (exact) mass is 141 g/mol. The number of allylic oxidation sites excluding steroid dienone is 4. The summed E-state index contributed by atoms with van der Waals surface area (Å²) in [6.45, 7) is 1.81. The van der Waals surface area contributed by atoms with E-state index in [1.807, 2.05) is 26.1 Å². The van der Waals surface area contributed by atoms with Gasteiger partial charge in [0.05, 0.1) is 0 Å². The van der Waals surface area contributed by atoms with Crippen LogP contribution in [0.15, 0.2) is 23.4 Å². The van der Waals surface area contributed by atoms with Gasteiger partial charge in [0.2, 0.25) is 0 Å². The van der Waals surface area contributed by atoms with E-state index in [1.54, 1.807) is 0 Å². The van der Waals surface area contributed by atoms with Crippen molar-refractivity contribution in [2.75, 3.05) is 7.05 Å². The van der Waals surface area contributed by atoms with Crippen LogP contribution in [-0.4, -0.2) is 13.2 Å². The molecule has 0 aromatic rings. The summed E-state index contributed by atoms with van der Waals surface area (Å²) >= 11 is 0. The van der Waals surface area contributed by atoms with Gasteiger partial charge in [0.25, 0.3) is 0 Å². The Hall–Kier alpha value is -0.790. The first kappa shape index (κ1) is 7.32. The summed E-state index contributed by atoms with van der Waals surface area (Å²) in [6, 6.07) is 0. The van der Waals surface area contributed by atoms with Crippen LogP contribution in [0.25, 0.3) is 0 Å². The highest BCUT2D eigenvalue weighted by Crippen LogP contribution is 2.19. The fourth-order valence-corrected chi connectivity index (χ4v) is 0.944. The van der Waals surface area contributed by atoms with E-state index in [2.05, 4.69) is 5.32 Å². The summed E-state index contributed by atoms with van der Waals surface area (Å²) in [5, 5.41) is 2.93. The molecule has 1 aliphatic carbocycles. The normalized spacial score (nSPS) is 25.3. The molecule has 0 aliphatic heterocycles. The minimum absolute atomic E-state index is 0.499. The first-order valence-corrected chi connectivity index (χ1v) is 3.43. The fraction of sp³-hybridized carbons (Fsp3) is 0.500. The number of halogens is 1. The van der Waals surface area contributed by atoms with Gasteiger partial charge < -0.3 is 5.32 Å². The molecule has 10 heavy (non-hydrogen) atoms. The molecule has 56 valence electrons. The molecule has 1 N–H and O–H groups in total. The second kappa shape index (κ2) is 2.86. The predicted octanol–water partition coefficient (Wildman–Crippen LogP) is 1.78. The molecule has 0 radical (unpaired) electrons. The molecule has 0 spiro atoms. The minimum atomic E-state index is -0.785. The van der Waals surface area contributed by atoms with Crippen molar-refractivity contribution in [1.82, 2.24) is 5.32 Å². The molecular weight excluding hydrogens is 129 g/mol. The lowest BCUT2D eigenvalue weighted by Gasteiger charge is -2.15. The van der Waals surface area contributed by atoms with Gasteiger partial charge in [-0.15, -0.1) is 0 Å². The third kappa shape index (κ3) is 1.38. The molecule has 0 saturated carbocycles. The Labute approximate surface area is 60.6 Å². The van der Waals surface area contributed by atoms with E-state index < -0.39 is 6.17 Å². The number of alkyl halides is 1. The van der Waals surface area contributed by atoms with Crippen molar-refractivity contribution in [1.29, 1.82) is 0 Å². The summed E-state index contributed by atoms with van der Waals surface area (Å²) in [5.74, 6) is 0. The Morgan fingerprint density at radius 2 is 2.30 bits per heavy atom. The average Bonchev–Trinajstić information content (AvgIpc) is 1.95. The zero-order valence-corrected chi connectivity index (χ0v) is 6.32. The van der Waals surface area contributed by atoms with E-state index >= 15 is 0 Å². The first-order chi connectivity index (χ1) is 4.74. The number of rotatable bonds is 1. The lowest BCUT2D eigenvalue weighted by Crippen LogP contribution is -2.15. The summed E-state index contributed by atoms with van der Waals surface area (Å²) in [4.78, 5) is 0. The molecule has 1 unspecified atom stereocenters. The highest BCUT2D eigenvalue weighted by Gasteiger charge is 2.13. The van der Waals surface area contributed by atoms with E-state index in [4.69, 9.17) is 0 Å². The second-order valence-corrected chi connectivity index (χ2v) is 2.52. The van der Waals surface area contributed by atoms with Gasteiger partial charge in [0.15, 0.2) is 0 Å². The summed E-state index contributed by atoms with van der Waals surface area (Å²) in [6.07, 6.45) is 3.46. The highest BCUT2D eigenvalue weighted by atomic mass is 19.1. The fourth-order valence-electron chi connectivity index (χ4n) is 0.944. The van der Waals surface area contributed by atoms with Gasteiger partial charge in [0, 0.05) is 19.2 Å². The van der Waals surface area contributed by atoms with Gasteiger partial charge in [-0.05, 0) is 18.6 Å². The Kier molecular flexibility index (Phi) is 2.10. The van der Waals surface area contributed by atoms with Crippen LogP contribution in [0.1, 0.15) is 13.3 Å². The van der Waals surface area contributed by atoms with E-state index in [1.165, 1.54) is 0 Å². The van der Waals surface area contributed by atoms with Crippen molar-refractivity contribution in [2.24, 2.45) is 0 Å². The van der Waals surface area contributed by atoms with Crippen molar-refractivity contribution < 1.29 is 4.39 Å². The SMILES string of the molecule is CNC1=CC=C(C)C(F)C1. The smallest absolute Gasteiger partial charge is 0.127 e. The van der Waals surface area contributed by atoms with Gasteiger partial charge in [-0.2, -0.15) is 0 Å². The van der Waals surface area contributed by atoms with E-state index in [0.29, 0.717) is 6.42 Å². The quantitative estimate of drug-likeness (QED) is 0.587. The summed E-state index contributed by atoms with van der Waals surface area (Å²) in [5.41, 5.74) is 1.79.